The molecule has 0 aliphatic heterocycles. The smallest absolute Gasteiger partial charge is 0.256 e. The zero-order valence-electron chi connectivity index (χ0n) is 13.8. The quantitative estimate of drug-likeness (QED) is 0.839. The van der Waals surface area contributed by atoms with Crippen LogP contribution in [0.4, 0.5) is 5.69 Å². The predicted molar refractivity (Wildman–Crippen MR) is 83.6 cm³/mol. The second kappa shape index (κ2) is 7.41. The van der Waals surface area contributed by atoms with Gasteiger partial charge in [-0.25, -0.2) is 4.98 Å². The molecule has 5 nitrogen and oxygen atoms in total. The maximum absolute atomic E-state index is 12.5. The number of methoxy groups -OCH3 is 1. The molecule has 0 aliphatic carbocycles. The van der Waals surface area contributed by atoms with E-state index in [2.05, 4.69) is 24.1 Å². The van der Waals surface area contributed by atoms with Gasteiger partial charge in [-0.05, 0) is 39.2 Å². The van der Waals surface area contributed by atoms with Crippen molar-refractivity contribution >= 4 is 11.6 Å². The van der Waals surface area contributed by atoms with Crippen LogP contribution < -0.4 is 10.1 Å². The molecular weight excluding hydrogens is 268 g/mol. The summed E-state index contributed by atoms with van der Waals surface area (Å²) in [5.74, 6) is 0.773. The molecule has 0 fully saturated rings. The molecule has 0 aliphatic rings. The van der Waals surface area contributed by atoms with Crippen LogP contribution >= 0.6 is 0 Å². The number of anilines is 1. The Morgan fingerprint density at radius 3 is 2.62 bits per heavy atom. The van der Waals surface area contributed by atoms with E-state index in [9.17, 15) is 4.79 Å². The van der Waals surface area contributed by atoms with Gasteiger partial charge in [-0.1, -0.05) is 13.8 Å². The first-order valence-electron chi connectivity index (χ1n) is 7.28. The molecule has 0 spiro atoms. The van der Waals surface area contributed by atoms with Crippen molar-refractivity contribution in [3.8, 4) is 5.88 Å². The third-order valence-corrected chi connectivity index (χ3v) is 3.22. The lowest BCUT2D eigenvalue weighted by Gasteiger charge is -2.29. The molecule has 1 heterocycles. The number of aromatic nitrogens is 1. The summed E-state index contributed by atoms with van der Waals surface area (Å²) in [7, 11) is 1.57. The van der Waals surface area contributed by atoms with Gasteiger partial charge in [0.15, 0.2) is 0 Å². The first-order chi connectivity index (χ1) is 9.82. The van der Waals surface area contributed by atoms with E-state index in [4.69, 9.17) is 9.47 Å². The molecule has 0 saturated heterocycles. The monoisotopic (exact) mass is 294 g/mol. The van der Waals surface area contributed by atoms with Crippen molar-refractivity contribution in [3.63, 3.8) is 0 Å². The molecule has 0 bridgehead atoms. The van der Waals surface area contributed by atoms with Crippen LogP contribution in [0.25, 0.3) is 0 Å². The molecule has 1 N–H and O–H groups in total. The summed E-state index contributed by atoms with van der Waals surface area (Å²) in [6.07, 6.45) is 2.25. The Labute approximate surface area is 127 Å². The number of nitrogens with one attached hydrogen (secondary N) is 1. The maximum atomic E-state index is 12.5. The Balaban J connectivity index is 2.88. The Morgan fingerprint density at radius 2 is 2.14 bits per heavy atom. The molecule has 0 saturated carbocycles. The van der Waals surface area contributed by atoms with Crippen molar-refractivity contribution in [1.82, 2.24) is 4.98 Å². The molecular formula is C16H26N2O3. The predicted octanol–water partition coefficient (Wildman–Crippen LogP) is 3.18. The van der Waals surface area contributed by atoms with Crippen molar-refractivity contribution in [2.24, 2.45) is 5.92 Å². The first-order valence-corrected chi connectivity index (χ1v) is 7.28. The van der Waals surface area contributed by atoms with Crippen LogP contribution in [0.1, 0.15) is 39.7 Å². The largest absolute Gasteiger partial charge is 0.481 e. The van der Waals surface area contributed by atoms with Crippen LogP contribution in [-0.4, -0.2) is 30.2 Å². The van der Waals surface area contributed by atoms with Crippen LogP contribution in [0, 0.1) is 12.8 Å². The van der Waals surface area contributed by atoms with E-state index in [0.717, 1.165) is 5.56 Å². The number of carbonyl (C=O) groups is 1. The lowest BCUT2D eigenvalue weighted by Crippen LogP contribution is -2.44. The molecule has 1 atom stereocenters. The number of amides is 1. The van der Waals surface area contributed by atoms with E-state index in [1.54, 1.807) is 13.3 Å². The van der Waals surface area contributed by atoms with Gasteiger partial charge in [0.2, 0.25) is 5.88 Å². The highest BCUT2D eigenvalue weighted by atomic mass is 16.5. The third kappa shape index (κ3) is 4.70. The number of aryl methyl sites for hydroxylation is 1. The summed E-state index contributed by atoms with van der Waals surface area (Å²) in [4.78, 5) is 16.7. The topological polar surface area (TPSA) is 60.5 Å². The van der Waals surface area contributed by atoms with Gasteiger partial charge >= 0.3 is 0 Å². The fraction of sp³-hybridized carbons (Fsp3) is 0.625. The van der Waals surface area contributed by atoms with Gasteiger partial charge < -0.3 is 14.8 Å². The molecule has 0 radical (unpaired) electrons. The Bertz CT molecular complexity index is 488. The summed E-state index contributed by atoms with van der Waals surface area (Å²) >= 11 is 0. The van der Waals surface area contributed by atoms with E-state index in [0.29, 0.717) is 30.5 Å². The van der Waals surface area contributed by atoms with Crippen LogP contribution in [-0.2, 0) is 9.53 Å². The molecule has 1 amide bonds. The Hall–Kier alpha value is -1.62. The van der Waals surface area contributed by atoms with Crippen molar-refractivity contribution < 1.29 is 14.3 Å². The van der Waals surface area contributed by atoms with Gasteiger partial charge in [0.25, 0.3) is 5.91 Å². The lowest BCUT2D eigenvalue weighted by atomic mass is 9.93. The van der Waals surface area contributed by atoms with Gasteiger partial charge in [-0.3, -0.25) is 4.79 Å². The summed E-state index contributed by atoms with van der Waals surface area (Å²) < 4.78 is 10.8. The second-order valence-electron chi connectivity index (χ2n) is 5.77. The third-order valence-electron chi connectivity index (χ3n) is 3.22. The zero-order valence-corrected chi connectivity index (χ0v) is 13.8. The zero-order chi connectivity index (χ0) is 16.0. The number of carbonyl (C=O) groups excluding carboxylic acids is 1. The average Bonchev–Trinajstić information content (AvgIpc) is 2.38. The van der Waals surface area contributed by atoms with Gasteiger partial charge in [-0.2, -0.15) is 0 Å². The van der Waals surface area contributed by atoms with Crippen molar-refractivity contribution in [2.75, 3.05) is 19.0 Å². The summed E-state index contributed by atoms with van der Waals surface area (Å²) in [5, 5.41) is 2.88. The van der Waals surface area contributed by atoms with Gasteiger partial charge in [0.1, 0.15) is 5.60 Å². The van der Waals surface area contributed by atoms with Crippen molar-refractivity contribution in [2.45, 2.75) is 46.6 Å². The maximum Gasteiger partial charge on any atom is 0.256 e. The van der Waals surface area contributed by atoms with Crippen molar-refractivity contribution in [3.05, 3.63) is 17.8 Å². The number of hydrogen-bond acceptors (Lipinski definition) is 4. The Kier molecular flexibility index (Phi) is 6.15. The highest BCUT2D eigenvalue weighted by Crippen LogP contribution is 2.24. The molecule has 1 aromatic rings. The molecule has 118 valence electrons. The van der Waals surface area contributed by atoms with Crippen LogP contribution in [0.2, 0.25) is 0 Å². The van der Waals surface area contributed by atoms with Gasteiger partial charge in [0.05, 0.1) is 19.0 Å². The normalized spacial score (nSPS) is 13.9. The molecule has 0 aromatic carbocycles. The van der Waals surface area contributed by atoms with Gasteiger partial charge in [-0.15, -0.1) is 0 Å². The second-order valence-corrected chi connectivity index (χ2v) is 5.77. The summed E-state index contributed by atoms with van der Waals surface area (Å²) in [6, 6.07) is 1.84. The summed E-state index contributed by atoms with van der Waals surface area (Å²) in [6.45, 7) is 10.3. The standard InChI is InChI=1S/C16H26N2O3/c1-7-21-16(5,9-11(2)3)15(19)18-13-8-12(4)14(20-6)17-10-13/h8,10-11H,7,9H2,1-6H3,(H,18,19)/t16-/m1/s1. The highest BCUT2D eigenvalue weighted by molar-refractivity contribution is 5.97. The van der Waals surface area contributed by atoms with Gasteiger partial charge in [0, 0.05) is 12.2 Å². The minimum absolute atomic E-state index is 0.149. The minimum Gasteiger partial charge on any atom is -0.481 e. The molecule has 21 heavy (non-hydrogen) atoms. The van der Waals surface area contributed by atoms with Crippen LogP contribution in [0.3, 0.4) is 0 Å². The molecule has 5 heteroatoms. The highest BCUT2D eigenvalue weighted by Gasteiger charge is 2.34. The fourth-order valence-electron chi connectivity index (χ4n) is 2.42. The van der Waals surface area contributed by atoms with E-state index < -0.39 is 5.60 Å². The number of ether oxygens (including phenoxy) is 2. The van der Waals surface area contributed by atoms with Crippen LogP contribution in [0.5, 0.6) is 5.88 Å². The molecule has 1 aromatic heterocycles. The molecule has 0 unspecified atom stereocenters. The number of nitrogens with zero attached hydrogens (tertiary/aromatic N) is 1. The number of rotatable bonds is 7. The number of pyridine rings is 1. The SMILES string of the molecule is CCO[C@](C)(CC(C)C)C(=O)Nc1cnc(OC)c(C)c1. The number of hydrogen-bond donors (Lipinski definition) is 1. The van der Waals surface area contributed by atoms with E-state index in [1.807, 2.05) is 26.8 Å². The van der Waals surface area contributed by atoms with E-state index >= 15 is 0 Å². The lowest BCUT2D eigenvalue weighted by molar-refractivity contribution is -0.140. The van der Waals surface area contributed by atoms with Crippen LogP contribution in [0.15, 0.2) is 12.3 Å². The molecule has 1 rings (SSSR count). The minimum atomic E-state index is -0.837. The van der Waals surface area contributed by atoms with Crippen molar-refractivity contribution in [1.29, 1.82) is 0 Å². The Morgan fingerprint density at radius 1 is 1.48 bits per heavy atom. The van der Waals surface area contributed by atoms with E-state index in [1.165, 1.54) is 0 Å². The summed E-state index contributed by atoms with van der Waals surface area (Å²) in [5.41, 5.74) is 0.682. The fourth-order valence-corrected chi connectivity index (χ4v) is 2.42. The first kappa shape index (κ1) is 17.4. The van der Waals surface area contributed by atoms with E-state index in [-0.39, 0.29) is 5.91 Å². The average molecular weight is 294 g/mol.